The fourth-order valence-corrected chi connectivity index (χ4v) is 11.2. The standard InChI is InChI=1S/C50H62N8O7S/c1-8-13-42(59)57-23-20-33(27-57)47(61)56(6)44(31-14-9-10-15-31)46(60)53-38-25-41-52-39(28-66-41)32-18-19-40-35(24-32)36(45(55(40)5)34-16-11-21-51-43(34)30(2)64-7)26-50(3,4)29-65-49(63)37-17-12-22-58(54-37)48(38)62/h11,16,18-19,21,24,28,30-31,33,37-38,44,54H,9-10,12,14-15,17,20,22-23,25-27,29H2,1-7H3,(H,53,60)/t30-,33-,37-,38-,44?/m0/s1. The van der Waals surface area contributed by atoms with Crippen molar-refractivity contribution in [2.45, 2.75) is 110 Å². The SMILES string of the molecule is CC#CC(=O)N1CC[C@H](C(=O)N(C)C(C(=O)N[C@H]2Cc3nc(cs3)-c3ccc4c(c3)c(c(-c3cccnc3[C@H](C)OC)n4C)CC(C)(C)COC(=O)[C@@H]3CCCN(N3)C2=O)C2CCCC2)C1. The molecule has 1 aliphatic carbocycles. The number of methoxy groups -OCH3 is 1. The molecule has 2 N–H and O–H groups in total. The second-order valence-corrected chi connectivity index (χ2v) is 20.1. The predicted molar refractivity (Wildman–Crippen MR) is 251 cm³/mol. The number of esters is 1. The number of hydrogen-bond donors (Lipinski definition) is 2. The van der Waals surface area contributed by atoms with Gasteiger partial charge in [-0.1, -0.05) is 38.7 Å². The highest BCUT2D eigenvalue weighted by atomic mass is 32.1. The van der Waals surface area contributed by atoms with Gasteiger partial charge >= 0.3 is 5.97 Å². The van der Waals surface area contributed by atoms with Crippen molar-refractivity contribution >= 4 is 51.8 Å². The van der Waals surface area contributed by atoms with E-state index in [1.807, 2.05) is 18.4 Å². The molecule has 3 aromatic heterocycles. The molecular formula is C50H62N8O7S. The number of hydrogen-bond acceptors (Lipinski definition) is 11. The number of nitrogens with one attached hydrogen (secondary N) is 2. The Hall–Kier alpha value is -5.63. The summed E-state index contributed by atoms with van der Waals surface area (Å²) in [4.78, 5) is 83.1. The lowest BCUT2D eigenvalue weighted by Gasteiger charge is -2.37. The lowest BCUT2D eigenvalue weighted by Crippen LogP contribution is -2.62. The predicted octanol–water partition coefficient (Wildman–Crippen LogP) is 5.61. The van der Waals surface area contributed by atoms with E-state index >= 15 is 0 Å². The van der Waals surface area contributed by atoms with Gasteiger partial charge in [0.2, 0.25) is 11.8 Å². The number of benzene rings is 1. The maximum atomic E-state index is 14.8. The number of pyridine rings is 1. The van der Waals surface area contributed by atoms with E-state index in [1.54, 1.807) is 37.1 Å². The van der Waals surface area contributed by atoms with Crippen LogP contribution in [0.2, 0.25) is 0 Å². The average molecular weight is 919 g/mol. The Morgan fingerprint density at radius 3 is 2.64 bits per heavy atom. The van der Waals surface area contributed by atoms with E-state index < -0.39 is 47.2 Å². The fraction of sp³-hybridized carbons (Fsp3) is 0.540. The first-order valence-corrected chi connectivity index (χ1v) is 24.1. The molecule has 8 rings (SSSR count). The molecule has 5 atom stereocenters. The van der Waals surface area contributed by atoms with E-state index in [0.29, 0.717) is 43.8 Å². The van der Waals surface area contributed by atoms with Crippen LogP contribution in [0.5, 0.6) is 0 Å². The number of aromatic nitrogens is 3. The Bertz CT molecular complexity index is 2570. The highest BCUT2D eigenvalue weighted by Crippen LogP contribution is 2.41. The first-order valence-electron chi connectivity index (χ1n) is 23.2. The van der Waals surface area contributed by atoms with Gasteiger partial charge in [0.15, 0.2) is 0 Å². The summed E-state index contributed by atoms with van der Waals surface area (Å²) >= 11 is 1.42. The minimum atomic E-state index is -1.06. The van der Waals surface area contributed by atoms with Gasteiger partial charge in [0.1, 0.15) is 18.1 Å². The van der Waals surface area contributed by atoms with Gasteiger partial charge in [-0.3, -0.25) is 34.0 Å². The number of thiazole rings is 1. The summed E-state index contributed by atoms with van der Waals surface area (Å²) in [7, 11) is 5.40. The maximum Gasteiger partial charge on any atom is 0.324 e. The third-order valence-electron chi connectivity index (χ3n) is 13.9. The number of carbonyl (C=O) groups is 5. The molecule has 1 aromatic carbocycles. The first-order chi connectivity index (χ1) is 31.7. The van der Waals surface area contributed by atoms with Crippen molar-refractivity contribution in [3.63, 3.8) is 0 Å². The monoisotopic (exact) mass is 918 g/mol. The topological polar surface area (TPSA) is 168 Å². The molecule has 0 spiro atoms. The highest BCUT2D eigenvalue weighted by Gasteiger charge is 2.42. The van der Waals surface area contributed by atoms with E-state index in [2.05, 4.69) is 72.3 Å². The molecule has 15 nitrogen and oxygen atoms in total. The van der Waals surface area contributed by atoms with Crippen molar-refractivity contribution < 1.29 is 33.4 Å². The quantitative estimate of drug-likeness (QED) is 0.168. The molecule has 1 unspecified atom stereocenters. The number of hydrazine groups is 1. The molecule has 4 aromatic rings. The molecule has 2 saturated heterocycles. The van der Waals surface area contributed by atoms with Crippen LogP contribution in [0.3, 0.4) is 0 Å². The molecular weight excluding hydrogens is 857 g/mol. The summed E-state index contributed by atoms with van der Waals surface area (Å²) in [6, 6.07) is 7.67. The summed E-state index contributed by atoms with van der Waals surface area (Å²) in [5.74, 6) is 2.85. The average Bonchev–Trinajstić information content (AvgIpc) is 4.16. The second-order valence-electron chi connectivity index (χ2n) is 19.1. The Morgan fingerprint density at radius 1 is 1.09 bits per heavy atom. The molecule has 3 aliphatic heterocycles. The van der Waals surface area contributed by atoms with Gasteiger partial charge in [0.05, 0.1) is 40.7 Å². The number of ether oxygens (including phenoxy) is 2. The van der Waals surface area contributed by atoms with Crippen LogP contribution in [0, 0.1) is 29.1 Å². The summed E-state index contributed by atoms with van der Waals surface area (Å²) < 4.78 is 14.1. The molecule has 350 valence electrons. The smallest absolute Gasteiger partial charge is 0.324 e. The van der Waals surface area contributed by atoms with Crippen LogP contribution in [0.15, 0.2) is 41.9 Å². The number of likely N-dealkylation sites (tertiary alicyclic amines) is 1. The summed E-state index contributed by atoms with van der Waals surface area (Å²) in [6.07, 6.45) is 7.10. The Kier molecular flexibility index (Phi) is 14.0. The van der Waals surface area contributed by atoms with Crippen molar-refractivity contribution in [2.24, 2.45) is 24.3 Å². The molecule has 0 radical (unpaired) electrons. The fourth-order valence-electron chi connectivity index (χ4n) is 10.4. The molecule has 66 heavy (non-hydrogen) atoms. The van der Waals surface area contributed by atoms with Gasteiger partial charge in [0.25, 0.3) is 11.8 Å². The molecule has 1 saturated carbocycles. The van der Waals surface area contributed by atoms with Crippen molar-refractivity contribution in [1.29, 1.82) is 0 Å². The van der Waals surface area contributed by atoms with Crippen molar-refractivity contribution in [3.05, 3.63) is 58.2 Å². The van der Waals surface area contributed by atoms with Crippen LogP contribution in [-0.4, -0.2) is 117 Å². The van der Waals surface area contributed by atoms with E-state index in [9.17, 15) is 24.0 Å². The van der Waals surface area contributed by atoms with E-state index in [4.69, 9.17) is 19.4 Å². The van der Waals surface area contributed by atoms with Crippen LogP contribution in [0.4, 0.5) is 0 Å². The summed E-state index contributed by atoms with van der Waals surface area (Å²) in [6.45, 7) is 8.89. The maximum absolute atomic E-state index is 14.8. The zero-order valence-corrected chi connectivity index (χ0v) is 40.0. The minimum absolute atomic E-state index is 0.0916. The molecule has 6 bridgehead atoms. The van der Waals surface area contributed by atoms with Gasteiger partial charge in [-0.25, -0.2) is 10.4 Å². The third-order valence-corrected chi connectivity index (χ3v) is 14.8. The zero-order chi connectivity index (χ0) is 46.9. The molecule has 6 heterocycles. The van der Waals surface area contributed by atoms with Crippen molar-refractivity contribution in [1.82, 2.24) is 40.1 Å². The third kappa shape index (κ3) is 9.61. The van der Waals surface area contributed by atoms with Crippen molar-refractivity contribution in [2.75, 3.05) is 40.4 Å². The number of carbonyl (C=O) groups excluding carboxylic acids is 5. The number of nitrogens with zero attached hydrogens (tertiary/aromatic N) is 6. The molecule has 4 amide bonds. The Morgan fingerprint density at radius 2 is 1.88 bits per heavy atom. The van der Waals surface area contributed by atoms with Gasteiger partial charge in [0, 0.05) is 86.3 Å². The van der Waals surface area contributed by atoms with Gasteiger partial charge in [-0.15, -0.1) is 11.3 Å². The first kappa shape index (κ1) is 46.9. The highest BCUT2D eigenvalue weighted by molar-refractivity contribution is 7.10. The molecule has 4 aliphatic rings. The normalized spacial score (nSPS) is 22.3. The number of amides is 4. The number of aryl methyl sites for hydroxylation is 1. The lowest BCUT2D eigenvalue weighted by molar-refractivity contribution is -0.155. The molecule has 16 heteroatoms. The van der Waals surface area contributed by atoms with E-state index in [1.165, 1.54) is 16.3 Å². The van der Waals surface area contributed by atoms with Gasteiger partial charge < -0.3 is 29.2 Å². The van der Waals surface area contributed by atoms with Crippen LogP contribution >= 0.6 is 11.3 Å². The number of cyclic esters (lactones) is 1. The number of rotatable bonds is 8. The Labute approximate surface area is 390 Å². The summed E-state index contributed by atoms with van der Waals surface area (Å²) in [5, 5.41) is 8.21. The van der Waals surface area contributed by atoms with Crippen molar-refractivity contribution in [3.8, 4) is 34.4 Å². The molecule has 3 fully saturated rings. The van der Waals surface area contributed by atoms with Crippen LogP contribution < -0.4 is 10.7 Å². The number of likely N-dealkylation sites (N-methyl/N-ethyl adjacent to an activating group) is 1. The Balaban J connectivity index is 1.15. The number of fused-ring (bicyclic) bond motifs is 6. The van der Waals surface area contributed by atoms with Gasteiger partial charge in [-0.2, -0.15) is 0 Å². The minimum Gasteiger partial charge on any atom is -0.464 e. The van der Waals surface area contributed by atoms with E-state index in [-0.39, 0.29) is 43.4 Å². The largest absolute Gasteiger partial charge is 0.464 e. The van der Waals surface area contributed by atoms with Gasteiger partial charge in [-0.05, 0) is 94.0 Å². The zero-order valence-electron chi connectivity index (χ0n) is 39.1. The van der Waals surface area contributed by atoms with Crippen LogP contribution in [0.1, 0.15) is 95.0 Å². The lowest BCUT2D eigenvalue weighted by atomic mass is 9.84. The van der Waals surface area contributed by atoms with E-state index in [0.717, 1.165) is 70.4 Å². The summed E-state index contributed by atoms with van der Waals surface area (Å²) in [5.41, 5.74) is 9.19. The van der Waals surface area contributed by atoms with Crippen LogP contribution in [0.25, 0.3) is 33.4 Å². The van der Waals surface area contributed by atoms with Crippen LogP contribution in [-0.2, 0) is 53.3 Å². The second kappa shape index (κ2) is 19.7.